The fraction of sp³-hybridized carbons (Fsp3) is 0.0625. The van der Waals surface area contributed by atoms with Gasteiger partial charge in [0.2, 0.25) is 0 Å². The van der Waals surface area contributed by atoms with Crippen LogP contribution in [-0.2, 0) is 11.3 Å². The van der Waals surface area contributed by atoms with Crippen LogP contribution in [0.25, 0.3) is 10.9 Å². The number of ether oxygens (including phenoxy) is 1. The van der Waals surface area contributed by atoms with Crippen LogP contribution < -0.4 is 5.73 Å². The molecule has 5 heteroatoms. The number of hydrogen-bond acceptors (Lipinski definition) is 3. The summed E-state index contributed by atoms with van der Waals surface area (Å²) in [5, 5.41) is 0.892. The fourth-order valence-electron chi connectivity index (χ4n) is 2.10. The third kappa shape index (κ3) is 2.92. The predicted molar refractivity (Wildman–Crippen MR) is 86.0 cm³/mol. The Hall–Kier alpha value is -2.27. The number of carbonyl (C=O) groups excluding carboxylic acids is 1. The number of carbonyl (C=O) groups is 1. The van der Waals surface area contributed by atoms with Gasteiger partial charge in [-0.1, -0.05) is 34.1 Å². The van der Waals surface area contributed by atoms with Crippen molar-refractivity contribution in [3.05, 3.63) is 64.3 Å². The molecule has 0 bridgehead atoms. The molecule has 2 aromatic carbocycles. The van der Waals surface area contributed by atoms with Crippen LogP contribution in [0.1, 0.15) is 16.1 Å². The molecule has 0 spiro atoms. The lowest BCUT2D eigenvalue weighted by Crippen LogP contribution is -2.05. The topological polar surface area (TPSA) is 68.1 Å². The van der Waals surface area contributed by atoms with Crippen molar-refractivity contribution in [1.29, 1.82) is 0 Å². The summed E-state index contributed by atoms with van der Waals surface area (Å²) in [5.41, 5.74) is 8.59. The van der Waals surface area contributed by atoms with Crippen molar-refractivity contribution in [2.24, 2.45) is 0 Å². The van der Waals surface area contributed by atoms with Crippen molar-refractivity contribution >= 4 is 38.5 Å². The molecule has 0 atom stereocenters. The Labute approximate surface area is 130 Å². The van der Waals surface area contributed by atoms with Crippen LogP contribution in [-0.4, -0.2) is 11.0 Å². The van der Waals surface area contributed by atoms with E-state index in [1.807, 2.05) is 36.4 Å². The van der Waals surface area contributed by atoms with Crippen LogP contribution in [0.3, 0.4) is 0 Å². The second-order valence-electron chi connectivity index (χ2n) is 4.70. The lowest BCUT2D eigenvalue weighted by molar-refractivity contribution is 0.0466. The molecular formula is C16H13BrN2O2. The van der Waals surface area contributed by atoms with Gasteiger partial charge in [0, 0.05) is 26.6 Å². The molecule has 3 N–H and O–H groups in total. The minimum absolute atomic E-state index is 0.220. The second kappa shape index (κ2) is 5.61. The van der Waals surface area contributed by atoms with Gasteiger partial charge in [0.1, 0.15) is 12.3 Å². The van der Waals surface area contributed by atoms with Crippen molar-refractivity contribution in [1.82, 2.24) is 4.98 Å². The highest BCUT2D eigenvalue weighted by Gasteiger charge is 2.12. The second-order valence-corrected chi connectivity index (χ2v) is 5.55. The standard InChI is InChI=1S/C16H13BrN2O2/c17-13-4-2-1-3-10(13)9-21-16(20)15-8-11-7-12(18)5-6-14(11)19-15/h1-8,19H,9,18H2. The molecule has 3 aromatic rings. The molecule has 0 saturated heterocycles. The number of halogens is 1. The van der Waals surface area contributed by atoms with E-state index in [-0.39, 0.29) is 12.6 Å². The first kappa shape index (κ1) is 13.7. The molecule has 4 nitrogen and oxygen atoms in total. The molecule has 0 fully saturated rings. The molecule has 0 aliphatic rings. The summed E-state index contributed by atoms with van der Waals surface area (Å²) in [7, 11) is 0. The van der Waals surface area contributed by atoms with Crippen molar-refractivity contribution < 1.29 is 9.53 Å². The van der Waals surface area contributed by atoms with Crippen LogP contribution in [0.5, 0.6) is 0 Å². The van der Waals surface area contributed by atoms with Crippen LogP contribution in [0.4, 0.5) is 5.69 Å². The Balaban J connectivity index is 1.76. The maximum absolute atomic E-state index is 12.1. The highest BCUT2D eigenvalue weighted by molar-refractivity contribution is 9.10. The van der Waals surface area contributed by atoms with E-state index in [0.717, 1.165) is 20.9 Å². The third-order valence-corrected chi connectivity index (χ3v) is 3.95. The van der Waals surface area contributed by atoms with Gasteiger partial charge in [-0.2, -0.15) is 0 Å². The van der Waals surface area contributed by atoms with Crippen LogP contribution in [0.2, 0.25) is 0 Å². The van der Waals surface area contributed by atoms with E-state index in [1.54, 1.807) is 12.1 Å². The summed E-state index contributed by atoms with van der Waals surface area (Å²) in [6.45, 7) is 0.220. The number of hydrogen-bond donors (Lipinski definition) is 2. The first-order valence-corrected chi connectivity index (χ1v) is 7.21. The van der Waals surface area contributed by atoms with Crippen molar-refractivity contribution in [2.45, 2.75) is 6.61 Å². The number of nitrogen functional groups attached to an aromatic ring is 1. The Morgan fingerprint density at radius 1 is 1.19 bits per heavy atom. The number of benzene rings is 2. The normalized spacial score (nSPS) is 10.7. The Morgan fingerprint density at radius 3 is 2.81 bits per heavy atom. The molecule has 1 heterocycles. The quantitative estimate of drug-likeness (QED) is 0.559. The van der Waals surface area contributed by atoms with E-state index in [4.69, 9.17) is 10.5 Å². The van der Waals surface area contributed by atoms with Crippen molar-refractivity contribution in [3.63, 3.8) is 0 Å². The van der Waals surface area contributed by atoms with Gasteiger partial charge in [-0.25, -0.2) is 4.79 Å². The molecule has 0 aliphatic carbocycles. The predicted octanol–water partition coefficient (Wildman–Crippen LogP) is 3.87. The number of nitrogens with one attached hydrogen (secondary N) is 1. The molecular weight excluding hydrogens is 332 g/mol. The number of rotatable bonds is 3. The highest BCUT2D eigenvalue weighted by Crippen LogP contribution is 2.20. The van der Waals surface area contributed by atoms with Gasteiger partial charge in [0.25, 0.3) is 0 Å². The maximum Gasteiger partial charge on any atom is 0.355 e. The molecule has 3 rings (SSSR count). The number of aromatic nitrogens is 1. The lowest BCUT2D eigenvalue weighted by Gasteiger charge is -2.05. The van der Waals surface area contributed by atoms with Gasteiger partial charge in [-0.3, -0.25) is 0 Å². The number of anilines is 1. The first-order chi connectivity index (χ1) is 10.1. The summed E-state index contributed by atoms with van der Waals surface area (Å²) < 4.78 is 6.24. The zero-order valence-electron chi connectivity index (χ0n) is 11.1. The van der Waals surface area contributed by atoms with Gasteiger partial charge in [-0.05, 0) is 30.3 Å². The van der Waals surface area contributed by atoms with Gasteiger partial charge in [0.05, 0.1) is 0 Å². The zero-order valence-corrected chi connectivity index (χ0v) is 12.7. The minimum atomic E-state index is -0.388. The number of aromatic amines is 1. The number of H-pyrrole nitrogens is 1. The molecule has 21 heavy (non-hydrogen) atoms. The van der Waals surface area contributed by atoms with Crippen molar-refractivity contribution in [3.8, 4) is 0 Å². The Morgan fingerprint density at radius 2 is 2.00 bits per heavy atom. The molecule has 1 aromatic heterocycles. The van der Waals surface area contributed by atoms with E-state index in [9.17, 15) is 4.79 Å². The molecule has 106 valence electrons. The Bertz CT molecular complexity index is 811. The average molecular weight is 345 g/mol. The summed E-state index contributed by atoms with van der Waals surface area (Å²) in [5.74, 6) is -0.388. The minimum Gasteiger partial charge on any atom is -0.456 e. The molecule has 0 amide bonds. The van der Waals surface area contributed by atoms with E-state index in [0.29, 0.717) is 11.4 Å². The summed E-state index contributed by atoms with van der Waals surface area (Å²) in [6.07, 6.45) is 0. The van der Waals surface area contributed by atoms with Crippen LogP contribution in [0.15, 0.2) is 53.0 Å². The molecule has 0 saturated carbocycles. The molecule has 0 aliphatic heterocycles. The number of esters is 1. The van der Waals surface area contributed by atoms with E-state index in [2.05, 4.69) is 20.9 Å². The summed E-state index contributed by atoms with van der Waals surface area (Å²) >= 11 is 3.43. The fourth-order valence-corrected chi connectivity index (χ4v) is 2.50. The van der Waals surface area contributed by atoms with E-state index in [1.165, 1.54) is 0 Å². The van der Waals surface area contributed by atoms with Gasteiger partial charge in [-0.15, -0.1) is 0 Å². The average Bonchev–Trinajstić information content (AvgIpc) is 2.89. The van der Waals surface area contributed by atoms with E-state index >= 15 is 0 Å². The molecule has 0 unspecified atom stereocenters. The Kier molecular flexibility index (Phi) is 3.66. The number of fused-ring (bicyclic) bond motifs is 1. The van der Waals surface area contributed by atoms with Gasteiger partial charge < -0.3 is 15.5 Å². The zero-order chi connectivity index (χ0) is 14.8. The van der Waals surface area contributed by atoms with Crippen molar-refractivity contribution in [2.75, 3.05) is 5.73 Å². The van der Waals surface area contributed by atoms with Gasteiger partial charge in [0.15, 0.2) is 0 Å². The summed E-state index contributed by atoms with van der Waals surface area (Å²) in [4.78, 5) is 15.1. The smallest absolute Gasteiger partial charge is 0.355 e. The van der Waals surface area contributed by atoms with E-state index < -0.39 is 0 Å². The largest absolute Gasteiger partial charge is 0.456 e. The van der Waals surface area contributed by atoms with Crippen LogP contribution in [0, 0.1) is 0 Å². The highest BCUT2D eigenvalue weighted by atomic mass is 79.9. The first-order valence-electron chi connectivity index (χ1n) is 6.42. The SMILES string of the molecule is Nc1ccc2[nH]c(C(=O)OCc3ccccc3Br)cc2c1. The maximum atomic E-state index is 12.1. The molecule has 0 radical (unpaired) electrons. The van der Waals surface area contributed by atoms with Gasteiger partial charge >= 0.3 is 5.97 Å². The number of nitrogens with two attached hydrogens (primary N) is 1. The lowest BCUT2D eigenvalue weighted by atomic mass is 10.2. The third-order valence-electron chi connectivity index (χ3n) is 3.18. The monoisotopic (exact) mass is 344 g/mol. The summed E-state index contributed by atoms with van der Waals surface area (Å²) in [6, 6.07) is 14.8. The van der Waals surface area contributed by atoms with Crippen LogP contribution >= 0.6 is 15.9 Å².